The van der Waals surface area contributed by atoms with E-state index < -0.39 is 11.7 Å². The van der Waals surface area contributed by atoms with Crippen LogP contribution >= 0.6 is 0 Å². The van der Waals surface area contributed by atoms with E-state index in [0.717, 1.165) is 24.8 Å². The lowest BCUT2D eigenvalue weighted by Crippen LogP contribution is -2.42. The highest BCUT2D eigenvalue weighted by atomic mass is 16.6. The highest BCUT2D eigenvalue weighted by molar-refractivity contribution is 5.92. The fourth-order valence-electron chi connectivity index (χ4n) is 2.46. The van der Waals surface area contributed by atoms with Gasteiger partial charge in [0.1, 0.15) is 5.60 Å². The average Bonchev–Trinajstić information content (AvgIpc) is 2.25. The number of alkyl carbamates (subject to hydrolysis) is 1. The van der Waals surface area contributed by atoms with Crippen LogP contribution in [0.25, 0.3) is 0 Å². The molecule has 1 fully saturated rings. The van der Waals surface area contributed by atoms with Crippen LogP contribution < -0.4 is 5.32 Å². The maximum atomic E-state index is 12.0. The molecule has 1 aliphatic carbocycles. The summed E-state index contributed by atoms with van der Waals surface area (Å²) in [6, 6.07) is 0.0399. The Morgan fingerprint density at radius 3 is 2.40 bits per heavy atom. The minimum atomic E-state index is -0.490. The third kappa shape index (κ3) is 6.22. The molecule has 4 heteroatoms. The first-order chi connectivity index (χ1) is 9.17. The molecule has 1 N–H and O–H groups in total. The van der Waals surface area contributed by atoms with Gasteiger partial charge in [0.05, 0.1) is 0 Å². The van der Waals surface area contributed by atoms with Crippen LogP contribution in [-0.4, -0.2) is 23.5 Å². The van der Waals surface area contributed by atoms with Crippen molar-refractivity contribution >= 4 is 11.9 Å². The molecule has 0 spiro atoms. The predicted molar refractivity (Wildman–Crippen MR) is 79.6 cm³/mol. The second-order valence-corrected chi connectivity index (χ2v) is 6.83. The van der Waals surface area contributed by atoms with Gasteiger partial charge in [0.25, 0.3) is 0 Å². The van der Waals surface area contributed by atoms with Crippen LogP contribution in [0, 0.1) is 5.92 Å². The van der Waals surface area contributed by atoms with Crippen molar-refractivity contribution in [2.24, 2.45) is 5.92 Å². The number of rotatable bonds is 3. The second kappa shape index (κ2) is 6.91. The van der Waals surface area contributed by atoms with Gasteiger partial charge in [-0.3, -0.25) is 4.79 Å². The van der Waals surface area contributed by atoms with Crippen LogP contribution in [0.2, 0.25) is 0 Å². The third-order valence-corrected chi connectivity index (χ3v) is 3.23. The molecule has 0 heterocycles. The molecule has 1 amide bonds. The Balaban J connectivity index is 2.51. The second-order valence-electron chi connectivity index (χ2n) is 6.83. The van der Waals surface area contributed by atoms with Crippen LogP contribution in [0.3, 0.4) is 0 Å². The number of ketones is 1. The summed E-state index contributed by atoms with van der Waals surface area (Å²) in [5.41, 5.74) is 0.535. The lowest BCUT2D eigenvalue weighted by Gasteiger charge is -2.29. The number of hydrogen-bond acceptors (Lipinski definition) is 3. The molecule has 2 atom stereocenters. The van der Waals surface area contributed by atoms with Crippen molar-refractivity contribution in [1.29, 1.82) is 0 Å². The largest absolute Gasteiger partial charge is 0.444 e. The monoisotopic (exact) mass is 281 g/mol. The molecular formula is C16H27NO3. The highest BCUT2D eigenvalue weighted by Crippen LogP contribution is 2.26. The van der Waals surface area contributed by atoms with Crippen LogP contribution in [0.1, 0.15) is 60.3 Å². The maximum Gasteiger partial charge on any atom is 0.407 e. The molecule has 0 bridgehead atoms. The Bertz CT molecular complexity index is 389. The average molecular weight is 281 g/mol. The molecule has 1 saturated carbocycles. The zero-order valence-corrected chi connectivity index (χ0v) is 13.3. The van der Waals surface area contributed by atoms with Crippen molar-refractivity contribution < 1.29 is 14.3 Å². The lowest BCUT2D eigenvalue weighted by atomic mass is 9.83. The molecule has 0 aliphatic heterocycles. The summed E-state index contributed by atoms with van der Waals surface area (Å²) in [7, 11) is 0. The summed E-state index contributed by atoms with van der Waals surface area (Å²) < 4.78 is 5.25. The molecule has 4 nitrogen and oxygen atoms in total. The third-order valence-electron chi connectivity index (χ3n) is 3.23. The van der Waals surface area contributed by atoms with Gasteiger partial charge in [-0.15, -0.1) is 0 Å². The SMILES string of the molecule is CC(C)=CC(=O)C1CCCC(NC(=O)OC(C)(C)C)C1. The van der Waals surface area contributed by atoms with E-state index in [2.05, 4.69) is 5.32 Å². The molecule has 0 radical (unpaired) electrons. The predicted octanol–water partition coefficient (Wildman–Crippen LogP) is 3.61. The first kappa shape index (κ1) is 16.7. The van der Waals surface area contributed by atoms with Gasteiger partial charge < -0.3 is 10.1 Å². The Labute approximate surface area is 122 Å². The molecule has 0 aromatic rings. The van der Waals surface area contributed by atoms with Gasteiger partial charge in [-0.25, -0.2) is 4.79 Å². The van der Waals surface area contributed by atoms with Crippen molar-refractivity contribution in [2.75, 3.05) is 0 Å². The fourth-order valence-corrected chi connectivity index (χ4v) is 2.46. The van der Waals surface area contributed by atoms with Gasteiger partial charge in [-0.2, -0.15) is 0 Å². The standard InChI is InChI=1S/C16H27NO3/c1-11(2)9-14(18)12-7-6-8-13(10-12)17-15(19)20-16(3,4)5/h9,12-13H,6-8,10H2,1-5H3,(H,17,19). The molecule has 2 unspecified atom stereocenters. The Morgan fingerprint density at radius 1 is 1.20 bits per heavy atom. The van der Waals surface area contributed by atoms with Crippen molar-refractivity contribution in [1.82, 2.24) is 5.32 Å². The molecule has 114 valence electrons. The van der Waals surface area contributed by atoms with E-state index in [-0.39, 0.29) is 17.7 Å². The van der Waals surface area contributed by atoms with Gasteiger partial charge in [0, 0.05) is 12.0 Å². The van der Waals surface area contributed by atoms with E-state index in [1.807, 2.05) is 34.6 Å². The quantitative estimate of drug-likeness (QED) is 0.804. The van der Waals surface area contributed by atoms with E-state index in [1.54, 1.807) is 6.08 Å². The number of nitrogens with one attached hydrogen (secondary N) is 1. The fraction of sp³-hybridized carbons (Fsp3) is 0.750. The van der Waals surface area contributed by atoms with Crippen LogP contribution in [0.4, 0.5) is 4.79 Å². The van der Waals surface area contributed by atoms with Gasteiger partial charge in [0.2, 0.25) is 0 Å². The van der Waals surface area contributed by atoms with E-state index >= 15 is 0 Å². The molecule has 20 heavy (non-hydrogen) atoms. The van der Waals surface area contributed by atoms with Crippen molar-refractivity contribution in [3.63, 3.8) is 0 Å². The summed E-state index contributed by atoms with van der Waals surface area (Å²) in [6.07, 6.45) is 4.82. The Kier molecular flexibility index (Phi) is 5.78. The number of allylic oxidation sites excluding steroid dienone is 2. The summed E-state index contributed by atoms with van der Waals surface area (Å²) in [5.74, 6) is 0.208. The minimum absolute atomic E-state index is 0.0265. The molecule has 0 aromatic carbocycles. The Morgan fingerprint density at radius 2 is 1.85 bits per heavy atom. The van der Waals surface area contributed by atoms with Crippen molar-refractivity contribution in [3.8, 4) is 0 Å². The summed E-state index contributed by atoms with van der Waals surface area (Å²) in [4.78, 5) is 23.8. The van der Waals surface area contributed by atoms with Crippen LogP contribution in [-0.2, 0) is 9.53 Å². The van der Waals surface area contributed by atoms with Gasteiger partial charge in [-0.05, 0) is 60.0 Å². The van der Waals surface area contributed by atoms with Gasteiger partial charge in [0.15, 0.2) is 5.78 Å². The molecule has 0 aromatic heterocycles. The molecular weight excluding hydrogens is 254 g/mol. The number of ether oxygens (including phenoxy) is 1. The van der Waals surface area contributed by atoms with Crippen LogP contribution in [0.5, 0.6) is 0 Å². The van der Waals surface area contributed by atoms with E-state index in [0.29, 0.717) is 6.42 Å². The summed E-state index contributed by atoms with van der Waals surface area (Å²) >= 11 is 0. The summed E-state index contributed by atoms with van der Waals surface area (Å²) in [5, 5.41) is 2.88. The van der Waals surface area contributed by atoms with E-state index in [9.17, 15) is 9.59 Å². The minimum Gasteiger partial charge on any atom is -0.444 e. The number of hydrogen-bond donors (Lipinski definition) is 1. The van der Waals surface area contributed by atoms with Crippen LogP contribution in [0.15, 0.2) is 11.6 Å². The topological polar surface area (TPSA) is 55.4 Å². The Hall–Kier alpha value is -1.32. The molecule has 1 rings (SSSR count). The first-order valence-electron chi connectivity index (χ1n) is 7.35. The van der Waals surface area contributed by atoms with Crippen molar-refractivity contribution in [2.45, 2.75) is 71.9 Å². The molecule has 1 aliphatic rings. The van der Waals surface area contributed by atoms with Crippen molar-refractivity contribution in [3.05, 3.63) is 11.6 Å². The number of carbonyl (C=O) groups excluding carboxylic acids is 2. The van der Waals surface area contributed by atoms with E-state index in [1.165, 1.54) is 0 Å². The normalized spacial score (nSPS) is 22.9. The number of amides is 1. The maximum absolute atomic E-state index is 12.0. The highest BCUT2D eigenvalue weighted by Gasteiger charge is 2.28. The van der Waals surface area contributed by atoms with Gasteiger partial charge in [-0.1, -0.05) is 12.0 Å². The number of carbonyl (C=O) groups is 2. The summed E-state index contributed by atoms with van der Waals surface area (Å²) in [6.45, 7) is 9.38. The van der Waals surface area contributed by atoms with E-state index in [4.69, 9.17) is 4.74 Å². The molecule has 0 saturated heterocycles. The lowest BCUT2D eigenvalue weighted by molar-refractivity contribution is -0.119. The smallest absolute Gasteiger partial charge is 0.407 e. The zero-order chi connectivity index (χ0) is 15.3. The van der Waals surface area contributed by atoms with Gasteiger partial charge >= 0.3 is 6.09 Å². The zero-order valence-electron chi connectivity index (χ0n) is 13.3. The first-order valence-corrected chi connectivity index (χ1v) is 7.35.